The SMILES string of the molecule is CCCCOc1nc(N)c2[nH]cc(Cc3ccc(CN4CCCC4)cc3)c2n1.O=C(OF)C(F)F. The van der Waals surface area contributed by atoms with Crippen LogP contribution in [0.2, 0.25) is 0 Å². The van der Waals surface area contributed by atoms with Crippen molar-refractivity contribution in [2.75, 3.05) is 25.4 Å². The molecule has 0 unspecified atom stereocenters. The van der Waals surface area contributed by atoms with E-state index in [1.807, 2.05) is 6.20 Å². The van der Waals surface area contributed by atoms with E-state index < -0.39 is 12.4 Å². The van der Waals surface area contributed by atoms with Crippen molar-refractivity contribution in [2.24, 2.45) is 0 Å². The van der Waals surface area contributed by atoms with Crippen LogP contribution in [0.5, 0.6) is 6.01 Å². The zero-order valence-corrected chi connectivity index (χ0v) is 19.6. The number of alkyl halides is 2. The van der Waals surface area contributed by atoms with Gasteiger partial charge in [-0.25, -0.2) is 9.74 Å². The van der Waals surface area contributed by atoms with Crippen LogP contribution < -0.4 is 10.5 Å². The third-order valence-corrected chi connectivity index (χ3v) is 5.62. The lowest BCUT2D eigenvalue weighted by atomic mass is 10.0. The number of nitrogen functional groups attached to an aromatic ring is 1. The zero-order chi connectivity index (χ0) is 25.2. The fourth-order valence-electron chi connectivity index (χ4n) is 3.78. The highest BCUT2D eigenvalue weighted by molar-refractivity contribution is 5.87. The van der Waals surface area contributed by atoms with Gasteiger partial charge in [0, 0.05) is 29.3 Å². The van der Waals surface area contributed by atoms with Crippen LogP contribution in [0.1, 0.15) is 49.3 Å². The standard InChI is InChI=1S/C22H29N5O.C2HF3O2/c1-2-3-12-28-22-25-19-18(14-24-20(19)21(23)26-22)13-16-6-8-17(9-7-16)15-27-10-4-5-11-27;3-1(4)2(6)7-5/h6-9,14,24H,2-5,10-13,15H2,1H3,(H2,23,25,26);1H. The van der Waals surface area contributed by atoms with E-state index in [0.29, 0.717) is 18.4 Å². The van der Waals surface area contributed by atoms with Crippen LogP contribution in [0, 0.1) is 0 Å². The monoisotopic (exact) mass is 493 g/mol. The molecule has 1 saturated heterocycles. The summed E-state index contributed by atoms with van der Waals surface area (Å²) >= 11 is 0. The number of unbranched alkanes of at least 4 members (excludes halogenated alkanes) is 1. The molecular formula is C24H30F3N5O3. The number of anilines is 1. The molecule has 0 atom stereocenters. The minimum absolute atomic E-state index is 0.361. The number of halogens is 3. The summed E-state index contributed by atoms with van der Waals surface area (Å²) < 4.78 is 37.4. The van der Waals surface area contributed by atoms with Crippen molar-refractivity contribution in [3.8, 4) is 6.01 Å². The molecule has 8 nitrogen and oxygen atoms in total. The third-order valence-electron chi connectivity index (χ3n) is 5.62. The number of fused-ring (bicyclic) bond motifs is 1. The van der Waals surface area contributed by atoms with Crippen molar-refractivity contribution >= 4 is 22.8 Å². The number of ether oxygens (including phenoxy) is 1. The van der Waals surface area contributed by atoms with Crippen molar-refractivity contribution in [2.45, 2.75) is 52.0 Å². The number of likely N-dealkylation sites (tertiary alicyclic amines) is 1. The van der Waals surface area contributed by atoms with Crippen molar-refractivity contribution < 1.29 is 27.8 Å². The fourth-order valence-corrected chi connectivity index (χ4v) is 3.78. The zero-order valence-electron chi connectivity index (χ0n) is 19.6. The Kier molecular flexibility index (Phi) is 9.71. The third kappa shape index (κ3) is 7.57. The summed E-state index contributed by atoms with van der Waals surface area (Å²) in [5.41, 5.74) is 11.5. The maximum absolute atomic E-state index is 10.7. The normalized spacial score (nSPS) is 13.6. The van der Waals surface area contributed by atoms with E-state index in [0.717, 1.165) is 42.4 Å². The molecule has 190 valence electrons. The highest BCUT2D eigenvalue weighted by Gasteiger charge is 2.17. The van der Waals surface area contributed by atoms with Crippen molar-refractivity contribution in [3.05, 3.63) is 47.2 Å². The fraction of sp³-hybridized carbons (Fsp3) is 0.458. The predicted octanol–water partition coefficient (Wildman–Crippen LogP) is 4.58. The van der Waals surface area contributed by atoms with E-state index in [2.05, 4.69) is 56.0 Å². The number of rotatable bonds is 9. The molecule has 1 aliphatic rings. The first-order valence-electron chi connectivity index (χ1n) is 11.6. The van der Waals surface area contributed by atoms with Crippen LogP contribution in [-0.2, 0) is 22.7 Å². The Labute approximate surface area is 201 Å². The maximum atomic E-state index is 10.7. The van der Waals surface area contributed by atoms with Gasteiger partial charge in [-0.15, -0.1) is 0 Å². The van der Waals surface area contributed by atoms with Gasteiger partial charge in [-0.2, -0.15) is 18.7 Å². The number of nitrogens with two attached hydrogens (primary N) is 1. The highest BCUT2D eigenvalue weighted by atomic mass is 19.3. The number of aromatic amines is 1. The van der Waals surface area contributed by atoms with Gasteiger partial charge >= 0.3 is 18.4 Å². The summed E-state index contributed by atoms with van der Waals surface area (Å²) in [4.78, 5) is 25.9. The quantitative estimate of drug-likeness (QED) is 0.420. The lowest BCUT2D eigenvalue weighted by Crippen LogP contribution is -2.18. The van der Waals surface area contributed by atoms with Crippen molar-refractivity contribution in [1.82, 2.24) is 19.9 Å². The summed E-state index contributed by atoms with van der Waals surface area (Å²) in [6, 6.07) is 9.28. The second kappa shape index (κ2) is 12.9. The van der Waals surface area contributed by atoms with Crippen molar-refractivity contribution in [3.63, 3.8) is 0 Å². The number of nitrogens with zero attached hydrogens (tertiary/aromatic N) is 3. The number of hydrogen-bond donors (Lipinski definition) is 2. The Morgan fingerprint density at radius 2 is 1.86 bits per heavy atom. The molecule has 1 fully saturated rings. The number of benzene rings is 1. The molecule has 11 heteroatoms. The molecule has 0 amide bonds. The molecule has 35 heavy (non-hydrogen) atoms. The first kappa shape index (κ1) is 26.3. The minimum atomic E-state index is -3.37. The molecule has 1 aliphatic heterocycles. The van der Waals surface area contributed by atoms with E-state index in [1.54, 1.807) is 0 Å². The number of H-pyrrole nitrogens is 1. The summed E-state index contributed by atoms with van der Waals surface area (Å²) in [6.45, 7) is 6.24. The van der Waals surface area contributed by atoms with Crippen LogP contribution in [-0.4, -0.2) is 51.9 Å². The van der Waals surface area contributed by atoms with Crippen LogP contribution >= 0.6 is 0 Å². The van der Waals surface area contributed by atoms with Gasteiger partial charge in [-0.3, -0.25) is 4.90 Å². The van der Waals surface area contributed by atoms with E-state index in [4.69, 9.17) is 15.3 Å². The molecule has 0 bridgehead atoms. The number of hydrogen-bond acceptors (Lipinski definition) is 7. The Bertz CT molecular complexity index is 1090. The molecule has 1 aromatic carbocycles. The molecule has 3 aromatic rings. The molecule has 0 aliphatic carbocycles. The summed E-state index contributed by atoms with van der Waals surface area (Å²) in [5.74, 6) is -1.72. The number of carbonyl (C=O) groups excluding carboxylic acids is 1. The molecule has 0 spiro atoms. The Morgan fingerprint density at radius 1 is 1.17 bits per heavy atom. The molecular weight excluding hydrogens is 463 g/mol. The molecule has 3 N–H and O–H groups in total. The molecule has 3 heterocycles. The number of nitrogens with one attached hydrogen (secondary N) is 1. The lowest BCUT2D eigenvalue weighted by molar-refractivity contribution is -0.196. The average molecular weight is 494 g/mol. The van der Waals surface area contributed by atoms with Crippen LogP contribution in [0.25, 0.3) is 11.0 Å². The first-order valence-corrected chi connectivity index (χ1v) is 11.6. The van der Waals surface area contributed by atoms with Crippen LogP contribution in [0.3, 0.4) is 0 Å². The van der Waals surface area contributed by atoms with E-state index in [9.17, 15) is 13.3 Å². The number of carbonyl (C=O) groups is 1. The predicted molar refractivity (Wildman–Crippen MR) is 126 cm³/mol. The second-order valence-electron chi connectivity index (χ2n) is 8.30. The van der Waals surface area contributed by atoms with E-state index in [-0.39, 0.29) is 0 Å². The largest absolute Gasteiger partial charge is 0.463 e. The van der Waals surface area contributed by atoms with Gasteiger partial charge in [-0.05, 0) is 43.5 Å². The maximum Gasteiger partial charge on any atom is 0.414 e. The minimum Gasteiger partial charge on any atom is -0.463 e. The van der Waals surface area contributed by atoms with Gasteiger partial charge in [0.1, 0.15) is 11.0 Å². The molecule has 2 aromatic heterocycles. The second-order valence-corrected chi connectivity index (χ2v) is 8.30. The van der Waals surface area contributed by atoms with Crippen LogP contribution in [0.4, 0.5) is 19.1 Å². The van der Waals surface area contributed by atoms with Gasteiger partial charge < -0.3 is 15.5 Å². The summed E-state index contributed by atoms with van der Waals surface area (Å²) in [7, 11) is 0. The van der Waals surface area contributed by atoms with E-state index in [1.165, 1.54) is 37.1 Å². The Morgan fingerprint density at radius 3 is 2.46 bits per heavy atom. The van der Waals surface area contributed by atoms with Gasteiger partial charge in [0.05, 0.1) is 6.61 Å². The van der Waals surface area contributed by atoms with Crippen LogP contribution in [0.15, 0.2) is 30.5 Å². The van der Waals surface area contributed by atoms with E-state index >= 15 is 0 Å². The summed E-state index contributed by atoms with van der Waals surface area (Å²) in [5, 5.41) is 0. The van der Waals surface area contributed by atoms with Gasteiger partial charge in [0.15, 0.2) is 5.82 Å². The Hall–Kier alpha value is -3.34. The number of aromatic nitrogens is 3. The smallest absolute Gasteiger partial charge is 0.414 e. The van der Waals surface area contributed by atoms with Gasteiger partial charge in [-0.1, -0.05) is 37.6 Å². The Balaban J connectivity index is 0.000000429. The topological polar surface area (TPSA) is 106 Å². The average Bonchev–Trinajstić information content (AvgIpc) is 3.51. The van der Waals surface area contributed by atoms with Gasteiger partial charge in [0.25, 0.3) is 0 Å². The van der Waals surface area contributed by atoms with Crippen molar-refractivity contribution in [1.29, 1.82) is 0 Å². The first-order chi connectivity index (χ1) is 16.9. The lowest BCUT2D eigenvalue weighted by Gasteiger charge is -2.14. The molecule has 4 rings (SSSR count). The summed E-state index contributed by atoms with van der Waals surface area (Å²) in [6.07, 6.45) is 4.11. The molecule has 0 radical (unpaired) electrons. The highest BCUT2D eigenvalue weighted by Crippen LogP contribution is 2.25. The molecule has 0 saturated carbocycles. The van der Waals surface area contributed by atoms with Gasteiger partial charge in [0.2, 0.25) is 0 Å².